The first-order valence-electron chi connectivity index (χ1n) is 4.51. The molecule has 5 heteroatoms. The van der Waals surface area contributed by atoms with Crippen molar-refractivity contribution >= 4 is 11.4 Å². The van der Waals surface area contributed by atoms with Crippen LogP contribution in [0.4, 0.5) is 20.2 Å². The van der Waals surface area contributed by atoms with Gasteiger partial charge in [-0.25, -0.2) is 8.78 Å². The van der Waals surface area contributed by atoms with Gasteiger partial charge in [0.25, 0.3) is 0 Å². The molecule has 3 nitrogen and oxygen atoms in total. The Bertz CT molecular complexity index is 344. The van der Waals surface area contributed by atoms with Gasteiger partial charge >= 0.3 is 0 Å². The molecule has 2 N–H and O–H groups in total. The largest absolute Gasteiger partial charge is 0.397 e. The molecule has 0 aliphatic heterocycles. The van der Waals surface area contributed by atoms with Crippen LogP contribution in [0.3, 0.4) is 0 Å². The minimum absolute atomic E-state index is 0.0760. The Morgan fingerprint density at radius 1 is 1.40 bits per heavy atom. The standard InChI is InChI=1S/C10H14F2N2O/c1-14(5-6-15-2)10-8(13)4-3-7(11)9(10)12/h3-4H,5-6,13H2,1-2H3. The zero-order valence-corrected chi connectivity index (χ0v) is 8.76. The second-order valence-corrected chi connectivity index (χ2v) is 3.21. The number of hydrogen-bond acceptors (Lipinski definition) is 3. The molecular formula is C10H14F2N2O. The molecule has 1 rings (SSSR count). The zero-order valence-electron chi connectivity index (χ0n) is 8.76. The highest BCUT2D eigenvalue weighted by Crippen LogP contribution is 2.27. The van der Waals surface area contributed by atoms with Crippen LogP contribution in [0, 0.1) is 11.6 Å². The summed E-state index contributed by atoms with van der Waals surface area (Å²) in [5.74, 6) is -1.82. The van der Waals surface area contributed by atoms with E-state index in [1.165, 1.54) is 11.0 Å². The Balaban J connectivity index is 2.96. The van der Waals surface area contributed by atoms with Crippen LogP contribution >= 0.6 is 0 Å². The lowest BCUT2D eigenvalue weighted by molar-refractivity contribution is 0.206. The van der Waals surface area contributed by atoms with Crippen LogP contribution in [0.15, 0.2) is 12.1 Å². The van der Waals surface area contributed by atoms with E-state index >= 15 is 0 Å². The van der Waals surface area contributed by atoms with Gasteiger partial charge < -0.3 is 15.4 Å². The minimum Gasteiger partial charge on any atom is -0.397 e. The lowest BCUT2D eigenvalue weighted by atomic mass is 10.2. The molecule has 0 saturated heterocycles. The third kappa shape index (κ3) is 2.56. The van der Waals surface area contributed by atoms with Crippen molar-refractivity contribution in [2.45, 2.75) is 0 Å². The molecular weight excluding hydrogens is 202 g/mol. The molecule has 15 heavy (non-hydrogen) atoms. The van der Waals surface area contributed by atoms with E-state index in [2.05, 4.69) is 0 Å². The van der Waals surface area contributed by atoms with Gasteiger partial charge in [-0.05, 0) is 12.1 Å². The SMILES string of the molecule is COCCN(C)c1c(N)ccc(F)c1F. The second kappa shape index (κ2) is 4.93. The molecule has 0 amide bonds. The Morgan fingerprint density at radius 2 is 2.07 bits per heavy atom. The van der Waals surface area contributed by atoms with Gasteiger partial charge in [-0.1, -0.05) is 0 Å². The molecule has 0 aliphatic carbocycles. The molecule has 0 saturated carbocycles. The smallest absolute Gasteiger partial charge is 0.184 e. The Morgan fingerprint density at radius 3 is 2.67 bits per heavy atom. The number of nitrogen functional groups attached to an aromatic ring is 1. The lowest BCUT2D eigenvalue weighted by Crippen LogP contribution is -2.24. The van der Waals surface area contributed by atoms with Crippen molar-refractivity contribution in [3.05, 3.63) is 23.8 Å². The Hall–Kier alpha value is -1.36. The first-order chi connectivity index (χ1) is 7.07. The highest BCUT2D eigenvalue weighted by Gasteiger charge is 2.15. The van der Waals surface area contributed by atoms with Crippen molar-refractivity contribution in [2.24, 2.45) is 0 Å². The molecule has 0 spiro atoms. The van der Waals surface area contributed by atoms with Crippen LogP contribution in [0.5, 0.6) is 0 Å². The van der Waals surface area contributed by atoms with Gasteiger partial charge in [0.15, 0.2) is 11.6 Å². The summed E-state index contributed by atoms with van der Waals surface area (Å²) in [4.78, 5) is 1.53. The van der Waals surface area contributed by atoms with Crippen LogP contribution in [-0.2, 0) is 4.74 Å². The molecule has 0 aromatic heterocycles. The van der Waals surface area contributed by atoms with Crippen molar-refractivity contribution in [1.82, 2.24) is 0 Å². The number of hydrogen-bond donors (Lipinski definition) is 1. The minimum atomic E-state index is -0.923. The maximum absolute atomic E-state index is 13.4. The average Bonchev–Trinajstić information content (AvgIpc) is 2.21. The predicted molar refractivity (Wildman–Crippen MR) is 55.9 cm³/mol. The van der Waals surface area contributed by atoms with E-state index in [1.54, 1.807) is 14.2 Å². The Kier molecular flexibility index (Phi) is 3.85. The number of anilines is 2. The fourth-order valence-electron chi connectivity index (χ4n) is 1.28. The van der Waals surface area contributed by atoms with Crippen molar-refractivity contribution in [3.63, 3.8) is 0 Å². The topological polar surface area (TPSA) is 38.5 Å². The summed E-state index contributed by atoms with van der Waals surface area (Å²) in [5.41, 5.74) is 5.87. The Labute approximate surface area is 87.4 Å². The second-order valence-electron chi connectivity index (χ2n) is 3.21. The van der Waals surface area contributed by atoms with Crippen molar-refractivity contribution in [2.75, 3.05) is 37.9 Å². The summed E-state index contributed by atoms with van der Waals surface area (Å²) in [6.07, 6.45) is 0. The number of rotatable bonds is 4. The molecule has 0 unspecified atom stereocenters. The molecule has 0 atom stereocenters. The summed E-state index contributed by atoms with van der Waals surface area (Å²) in [5, 5.41) is 0. The number of halogens is 2. The van der Waals surface area contributed by atoms with E-state index in [4.69, 9.17) is 10.5 Å². The first kappa shape index (κ1) is 11.7. The van der Waals surface area contributed by atoms with E-state index in [9.17, 15) is 8.78 Å². The molecule has 0 radical (unpaired) electrons. The number of methoxy groups -OCH3 is 1. The number of benzene rings is 1. The van der Waals surface area contributed by atoms with E-state index in [0.29, 0.717) is 13.2 Å². The molecule has 0 aliphatic rings. The molecule has 1 aromatic carbocycles. The number of likely N-dealkylation sites (N-methyl/N-ethyl adjacent to an activating group) is 1. The van der Waals surface area contributed by atoms with Gasteiger partial charge in [-0.15, -0.1) is 0 Å². The summed E-state index contributed by atoms with van der Waals surface area (Å²) in [6.45, 7) is 0.868. The van der Waals surface area contributed by atoms with Crippen LogP contribution in [0.25, 0.3) is 0 Å². The fourth-order valence-corrected chi connectivity index (χ4v) is 1.28. The summed E-state index contributed by atoms with van der Waals surface area (Å²) < 4.78 is 31.2. The highest BCUT2D eigenvalue weighted by molar-refractivity contribution is 5.68. The quantitative estimate of drug-likeness (QED) is 0.777. The third-order valence-corrected chi connectivity index (χ3v) is 2.11. The fraction of sp³-hybridized carbons (Fsp3) is 0.400. The van der Waals surface area contributed by atoms with Crippen LogP contribution in [0.1, 0.15) is 0 Å². The van der Waals surface area contributed by atoms with Gasteiger partial charge in [0.2, 0.25) is 0 Å². The number of nitrogens with two attached hydrogens (primary N) is 1. The van der Waals surface area contributed by atoms with Crippen LogP contribution in [-0.4, -0.2) is 27.3 Å². The maximum atomic E-state index is 13.4. The summed E-state index contributed by atoms with van der Waals surface area (Å²) in [6, 6.07) is 2.36. The van der Waals surface area contributed by atoms with Gasteiger partial charge in [0.1, 0.15) is 0 Å². The van der Waals surface area contributed by atoms with E-state index in [0.717, 1.165) is 6.07 Å². The van der Waals surface area contributed by atoms with Gasteiger partial charge in [0, 0.05) is 20.7 Å². The normalized spacial score (nSPS) is 10.4. The van der Waals surface area contributed by atoms with Crippen molar-refractivity contribution in [3.8, 4) is 0 Å². The summed E-state index contributed by atoms with van der Waals surface area (Å²) >= 11 is 0. The predicted octanol–water partition coefficient (Wildman–Crippen LogP) is 1.63. The molecule has 0 fully saturated rings. The van der Waals surface area contributed by atoms with E-state index < -0.39 is 11.6 Å². The number of nitrogens with zero attached hydrogens (tertiary/aromatic N) is 1. The van der Waals surface area contributed by atoms with Gasteiger partial charge in [-0.3, -0.25) is 0 Å². The average molecular weight is 216 g/mol. The molecule has 84 valence electrons. The highest BCUT2D eigenvalue weighted by atomic mass is 19.2. The van der Waals surface area contributed by atoms with E-state index in [1.807, 2.05) is 0 Å². The molecule has 0 bridgehead atoms. The van der Waals surface area contributed by atoms with Gasteiger partial charge in [0.05, 0.1) is 18.0 Å². The monoisotopic (exact) mass is 216 g/mol. The van der Waals surface area contributed by atoms with Gasteiger partial charge in [-0.2, -0.15) is 0 Å². The first-order valence-corrected chi connectivity index (χ1v) is 4.51. The summed E-state index contributed by atoms with van der Waals surface area (Å²) in [7, 11) is 3.17. The zero-order chi connectivity index (χ0) is 11.4. The van der Waals surface area contributed by atoms with Crippen LogP contribution < -0.4 is 10.6 Å². The van der Waals surface area contributed by atoms with Crippen LogP contribution in [0.2, 0.25) is 0 Å². The number of ether oxygens (including phenoxy) is 1. The molecule has 0 heterocycles. The third-order valence-electron chi connectivity index (χ3n) is 2.11. The van der Waals surface area contributed by atoms with Crippen molar-refractivity contribution in [1.29, 1.82) is 0 Å². The lowest BCUT2D eigenvalue weighted by Gasteiger charge is -2.21. The van der Waals surface area contributed by atoms with Crippen molar-refractivity contribution < 1.29 is 13.5 Å². The molecule has 1 aromatic rings. The van der Waals surface area contributed by atoms with E-state index in [-0.39, 0.29) is 11.4 Å². The maximum Gasteiger partial charge on any atom is 0.184 e.